The minimum atomic E-state index is -4.21. The number of aromatic nitrogens is 4. The molecular weight excluding hydrogens is 385 g/mol. The van der Waals surface area contributed by atoms with Crippen molar-refractivity contribution in [1.82, 2.24) is 19.5 Å². The molecule has 0 amide bonds. The molecule has 4 heterocycles. The van der Waals surface area contributed by atoms with Gasteiger partial charge < -0.3 is 20.5 Å². The Morgan fingerprint density at radius 1 is 1.54 bits per heavy atom. The molecule has 0 spiro atoms. The minimum Gasteiger partial charge on any atom is -0.386 e. The predicted molar refractivity (Wildman–Crippen MR) is 91.2 cm³/mol. The fourth-order valence-corrected chi connectivity index (χ4v) is 4.64. The lowest BCUT2D eigenvalue weighted by Gasteiger charge is -2.27. The summed E-state index contributed by atoms with van der Waals surface area (Å²) < 4.78 is 28.8. The van der Waals surface area contributed by atoms with Gasteiger partial charge in [0.05, 0.1) is 6.61 Å². The molecule has 4 rings (SSSR count). The van der Waals surface area contributed by atoms with Crippen LogP contribution in [0, 0.1) is 0 Å². The third-order valence-electron chi connectivity index (χ3n) is 4.02. The van der Waals surface area contributed by atoms with E-state index in [1.807, 2.05) is 0 Å². The van der Waals surface area contributed by atoms with Crippen LogP contribution in [0.25, 0.3) is 11.2 Å². The Morgan fingerprint density at radius 2 is 2.35 bits per heavy atom. The number of phosphoric ester groups is 1. The van der Waals surface area contributed by atoms with Gasteiger partial charge in [0, 0.05) is 5.75 Å². The summed E-state index contributed by atoms with van der Waals surface area (Å²) in [6, 6.07) is 0. The highest BCUT2D eigenvalue weighted by Gasteiger charge is 2.53. The molecule has 4 N–H and O–H groups in total. The van der Waals surface area contributed by atoms with Crippen LogP contribution in [-0.4, -0.2) is 60.2 Å². The predicted octanol–water partition coefficient (Wildman–Crippen LogP) is 0.461. The van der Waals surface area contributed by atoms with Crippen LogP contribution >= 0.6 is 19.6 Å². The van der Waals surface area contributed by atoms with Crippen LogP contribution in [0.15, 0.2) is 24.1 Å². The van der Waals surface area contributed by atoms with E-state index in [1.54, 1.807) is 10.6 Å². The molecule has 26 heavy (non-hydrogen) atoms. The van der Waals surface area contributed by atoms with E-state index in [2.05, 4.69) is 21.5 Å². The molecule has 2 fully saturated rings. The first-order chi connectivity index (χ1) is 12.4. The maximum absolute atomic E-state index is 11.7. The summed E-state index contributed by atoms with van der Waals surface area (Å²) in [6.07, 6.45) is -0.919. The number of imidazole rings is 1. The molecule has 0 aliphatic carbocycles. The van der Waals surface area contributed by atoms with Gasteiger partial charge in [-0.05, 0) is 0 Å². The van der Waals surface area contributed by atoms with Gasteiger partial charge in [-0.3, -0.25) is 13.6 Å². The molecular formula is C13H16N5O6PS. The van der Waals surface area contributed by atoms with Gasteiger partial charge in [-0.15, -0.1) is 6.58 Å². The summed E-state index contributed by atoms with van der Waals surface area (Å²) in [4.78, 5) is 22.1. The van der Waals surface area contributed by atoms with Crippen LogP contribution in [0.3, 0.4) is 0 Å². The lowest BCUT2D eigenvalue weighted by molar-refractivity contribution is -0.0684. The van der Waals surface area contributed by atoms with Gasteiger partial charge in [0.2, 0.25) is 0 Å². The second-order valence-electron chi connectivity index (χ2n) is 5.69. The van der Waals surface area contributed by atoms with Gasteiger partial charge in [-0.25, -0.2) is 19.5 Å². The first kappa shape index (κ1) is 17.9. The summed E-state index contributed by atoms with van der Waals surface area (Å²) in [6.45, 7) is 3.50. The van der Waals surface area contributed by atoms with Crippen LogP contribution in [0.5, 0.6) is 0 Å². The topological polar surface area (TPSA) is 155 Å². The molecule has 0 saturated carbocycles. The Labute approximate surface area is 151 Å². The standard InChI is InChI=1S/C13H16N5O6PS/c1-2-3-26-13-17-7-10(14)15-5-16-11(7)18(13)12-8(19)9-6(23-12)4-22-25(20,21)24-9/h2,5-6,8-9,12,19H,1,3-4H2,(H,20,21)(H2,14,15,16). The van der Waals surface area contributed by atoms with E-state index in [4.69, 9.17) is 19.5 Å². The number of aliphatic hydroxyl groups excluding tert-OH is 1. The van der Waals surface area contributed by atoms with Crippen LogP contribution in [-0.2, 0) is 18.3 Å². The molecule has 5 atom stereocenters. The van der Waals surface area contributed by atoms with Gasteiger partial charge in [0.25, 0.3) is 0 Å². The number of thioether (sulfide) groups is 1. The summed E-state index contributed by atoms with van der Waals surface area (Å²) in [5, 5.41) is 11.2. The molecule has 2 aromatic heterocycles. The number of rotatable bonds is 4. The van der Waals surface area contributed by atoms with Crippen molar-refractivity contribution in [2.45, 2.75) is 29.7 Å². The molecule has 0 radical (unpaired) electrons. The lowest BCUT2D eigenvalue weighted by Crippen LogP contribution is -2.39. The van der Waals surface area contributed by atoms with E-state index in [0.29, 0.717) is 22.1 Å². The number of aliphatic hydroxyl groups is 1. The molecule has 11 nitrogen and oxygen atoms in total. The van der Waals surface area contributed by atoms with Gasteiger partial charge in [-0.1, -0.05) is 17.8 Å². The summed E-state index contributed by atoms with van der Waals surface area (Å²) >= 11 is 1.35. The average Bonchev–Trinajstić information content (AvgIpc) is 3.11. The Balaban J connectivity index is 1.77. The molecule has 2 aromatic rings. The Bertz CT molecular complexity index is 909. The summed E-state index contributed by atoms with van der Waals surface area (Å²) in [5.74, 6) is 0.746. The highest BCUT2D eigenvalue weighted by molar-refractivity contribution is 7.99. The van der Waals surface area contributed by atoms with Crippen LogP contribution in [0.4, 0.5) is 5.82 Å². The van der Waals surface area contributed by atoms with Crippen LogP contribution < -0.4 is 5.73 Å². The largest absolute Gasteiger partial charge is 0.472 e. The molecule has 5 unspecified atom stereocenters. The van der Waals surface area contributed by atoms with Crippen molar-refractivity contribution in [3.05, 3.63) is 19.0 Å². The van der Waals surface area contributed by atoms with Crippen molar-refractivity contribution in [1.29, 1.82) is 0 Å². The van der Waals surface area contributed by atoms with Crippen molar-refractivity contribution >= 4 is 36.6 Å². The normalized spacial score (nSPS) is 34.1. The Morgan fingerprint density at radius 3 is 3.12 bits per heavy atom. The first-order valence-electron chi connectivity index (χ1n) is 7.62. The fourth-order valence-electron chi connectivity index (χ4n) is 2.92. The molecule has 0 bridgehead atoms. The van der Waals surface area contributed by atoms with E-state index in [0.717, 1.165) is 0 Å². The number of hydrogen-bond acceptors (Lipinski definition) is 10. The van der Waals surface area contributed by atoms with E-state index in [9.17, 15) is 14.6 Å². The summed E-state index contributed by atoms with van der Waals surface area (Å²) in [5.41, 5.74) is 6.62. The quantitative estimate of drug-likeness (QED) is 0.372. The number of nitrogen functional groups attached to an aromatic ring is 1. The monoisotopic (exact) mass is 401 g/mol. The number of nitrogens with zero attached hydrogens (tertiary/aromatic N) is 4. The Kier molecular flexibility index (Phi) is 4.51. The zero-order chi connectivity index (χ0) is 18.5. The van der Waals surface area contributed by atoms with Gasteiger partial charge in [0.1, 0.15) is 24.6 Å². The first-order valence-corrected chi connectivity index (χ1v) is 10.1. The molecule has 2 aliphatic rings. The van der Waals surface area contributed by atoms with E-state index in [1.165, 1.54) is 18.1 Å². The molecule has 0 aromatic carbocycles. The molecule has 2 saturated heterocycles. The second kappa shape index (κ2) is 6.57. The number of ether oxygens (including phenoxy) is 1. The average molecular weight is 401 g/mol. The van der Waals surface area contributed by atoms with Crippen molar-refractivity contribution in [3.63, 3.8) is 0 Å². The second-order valence-corrected chi connectivity index (χ2v) is 8.08. The molecule has 13 heteroatoms. The van der Waals surface area contributed by atoms with Crippen molar-refractivity contribution in [3.8, 4) is 0 Å². The van der Waals surface area contributed by atoms with Crippen LogP contribution in [0.1, 0.15) is 6.23 Å². The van der Waals surface area contributed by atoms with Gasteiger partial charge >= 0.3 is 7.82 Å². The number of fused-ring (bicyclic) bond motifs is 2. The fraction of sp³-hybridized carbons (Fsp3) is 0.462. The van der Waals surface area contributed by atoms with Crippen LogP contribution in [0.2, 0.25) is 0 Å². The molecule has 140 valence electrons. The third kappa shape index (κ3) is 2.93. The maximum atomic E-state index is 11.7. The highest BCUT2D eigenvalue weighted by Crippen LogP contribution is 2.53. The zero-order valence-electron chi connectivity index (χ0n) is 13.3. The van der Waals surface area contributed by atoms with E-state index >= 15 is 0 Å². The van der Waals surface area contributed by atoms with Crippen molar-refractivity contribution < 1.29 is 28.3 Å². The number of anilines is 1. The van der Waals surface area contributed by atoms with E-state index in [-0.39, 0.29) is 12.4 Å². The maximum Gasteiger partial charge on any atom is 0.472 e. The van der Waals surface area contributed by atoms with Gasteiger partial charge in [0.15, 0.2) is 28.4 Å². The number of nitrogens with two attached hydrogens (primary N) is 1. The SMILES string of the molecule is C=CCSc1nc2c(N)ncnc2n1C1OC2COP(=O)(O)OC2C1O. The number of hydrogen-bond donors (Lipinski definition) is 3. The number of phosphoric acid groups is 1. The third-order valence-corrected chi connectivity index (χ3v) is 5.96. The summed E-state index contributed by atoms with van der Waals surface area (Å²) in [7, 11) is -4.21. The minimum absolute atomic E-state index is 0.176. The smallest absolute Gasteiger partial charge is 0.386 e. The molecule has 2 aliphatic heterocycles. The Hall–Kier alpha value is -1.53. The van der Waals surface area contributed by atoms with Gasteiger partial charge in [-0.2, -0.15) is 0 Å². The van der Waals surface area contributed by atoms with Crippen molar-refractivity contribution in [2.75, 3.05) is 18.1 Å². The zero-order valence-corrected chi connectivity index (χ0v) is 15.0. The van der Waals surface area contributed by atoms with Crippen molar-refractivity contribution in [2.24, 2.45) is 0 Å². The van der Waals surface area contributed by atoms with E-state index < -0.39 is 32.4 Å². The lowest BCUT2D eigenvalue weighted by atomic mass is 10.1. The highest BCUT2D eigenvalue weighted by atomic mass is 32.2.